The van der Waals surface area contributed by atoms with Gasteiger partial charge in [0.15, 0.2) is 5.78 Å². The van der Waals surface area contributed by atoms with E-state index < -0.39 is 5.09 Å². The van der Waals surface area contributed by atoms with Gasteiger partial charge in [0.1, 0.15) is 0 Å². The molecule has 0 radical (unpaired) electrons. The average molecular weight is 299 g/mol. The standard InChI is InChI=1S/C15H12N2O.HNO3/c18-15(10-17-8-7-16-11-17)14-6-5-12-3-1-2-4-13(12)9-14;2-1(3)4/h1-9,11H,10H2;(H,2,3,4). The molecule has 2 aromatic carbocycles. The van der Waals surface area contributed by atoms with Crippen molar-refractivity contribution in [2.75, 3.05) is 0 Å². The number of carbonyl (C=O) groups is 1. The summed E-state index contributed by atoms with van der Waals surface area (Å²) in [6.45, 7) is 0.332. The van der Waals surface area contributed by atoms with E-state index in [2.05, 4.69) is 4.98 Å². The van der Waals surface area contributed by atoms with E-state index in [1.807, 2.05) is 42.5 Å². The van der Waals surface area contributed by atoms with Crippen molar-refractivity contribution in [2.24, 2.45) is 0 Å². The Kier molecular flexibility index (Phi) is 4.81. The molecule has 0 aliphatic rings. The predicted octanol–water partition coefficient (Wildman–Crippen LogP) is 2.57. The monoisotopic (exact) mass is 299 g/mol. The molecule has 0 saturated carbocycles. The maximum atomic E-state index is 12.1. The summed E-state index contributed by atoms with van der Waals surface area (Å²) in [4.78, 5) is 24.4. The molecule has 3 rings (SSSR count). The Bertz CT molecular complexity index is 780. The van der Waals surface area contributed by atoms with Crippen LogP contribution in [0.1, 0.15) is 10.4 Å². The Labute approximate surface area is 125 Å². The van der Waals surface area contributed by atoms with Gasteiger partial charge in [-0.1, -0.05) is 36.4 Å². The molecule has 7 heteroatoms. The number of nitrogens with zero attached hydrogens (tertiary/aromatic N) is 3. The molecule has 0 saturated heterocycles. The lowest BCUT2D eigenvalue weighted by molar-refractivity contribution is -0.742. The summed E-state index contributed by atoms with van der Waals surface area (Å²) in [5.41, 5.74) is 0.738. The number of fused-ring (bicyclic) bond motifs is 1. The predicted molar refractivity (Wildman–Crippen MR) is 79.3 cm³/mol. The fraction of sp³-hybridized carbons (Fsp3) is 0.0667. The highest BCUT2D eigenvalue weighted by molar-refractivity contribution is 5.99. The van der Waals surface area contributed by atoms with E-state index in [0.717, 1.165) is 16.3 Å². The van der Waals surface area contributed by atoms with E-state index in [-0.39, 0.29) is 5.78 Å². The van der Waals surface area contributed by atoms with Crippen LogP contribution in [0.3, 0.4) is 0 Å². The van der Waals surface area contributed by atoms with Gasteiger partial charge in [0.05, 0.1) is 12.9 Å². The minimum absolute atomic E-state index is 0.0961. The Hall–Kier alpha value is -3.22. The van der Waals surface area contributed by atoms with Crippen molar-refractivity contribution in [1.82, 2.24) is 9.55 Å². The number of ketones is 1. The molecule has 112 valence electrons. The Morgan fingerprint density at radius 1 is 1.23 bits per heavy atom. The Balaban J connectivity index is 0.000000396. The molecule has 0 amide bonds. The van der Waals surface area contributed by atoms with Gasteiger partial charge in [-0.25, -0.2) is 4.98 Å². The van der Waals surface area contributed by atoms with Crippen LogP contribution in [0.25, 0.3) is 10.8 Å². The zero-order valence-electron chi connectivity index (χ0n) is 11.5. The van der Waals surface area contributed by atoms with Crippen molar-refractivity contribution in [3.05, 3.63) is 76.9 Å². The van der Waals surface area contributed by atoms with Crippen molar-refractivity contribution in [2.45, 2.75) is 6.54 Å². The molecule has 0 aliphatic carbocycles. The van der Waals surface area contributed by atoms with Gasteiger partial charge in [-0.2, -0.15) is 0 Å². The van der Waals surface area contributed by atoms with Gasteiger partial charge in [-0.15, -0.1) is 10.1 Å². The van der Waals surface area contributed by atoms with Crippen LogP contribution in [-0.4, -0.2) is 25.6 Å². The molecule has 1 aromatic heterocycles. The minimum atomic E-state index is -1.50. The normalized spacial score (nSPS) is 9.82. The number of Topliss-reactive ketones (excluding diaryl/α,β-unsaturated/α-hetero) is 1. The van der Waals surface area contributed by atoms with Gasteiger partial charge in [0.25, 0.3) is 5.09 Å². The maximum absolute atomic E-state index is 12.1. The van der Waals surface area contributed by atoms with E-state index in [4.69, 9.17) is 15.3 Å². The minimum Gasteiger partial charge on any atom is -0.330 e. The Morgan fingerprint density at radius 2 is 1.91 bits per heavy atom. The molecule has 0 aliphatic heterocycles. The smallest absolute Gasteiger partial charge is 0.291 e. The van der Waals surface area contributed by atoms with E-state index in [9.17, 15) is 4.79 Å². The van der Waals surface area contributed by atoms with Crippen molar-refractivity contribution in [3.8, 4) is 0 Å². The summed E-state index contributed by atoms with van der Waals surface area (Å²) in [5, 5.41) is 15.9. The summed E-state index contributed by atoms with van der Waals surface area (Å²) in [6.07, 6.45) is 5.12. The van der Waals surface area contributed by atoms with Crippen LogP contribution in [0.5, 0.6) is 0 Å². The molecule has 1 N–H and O–H groups in total. The Morgan fingerprint density at radius 3 is 2.55 bits per heavy atom. The number of imidazole rings is 1. The van der Waals surface area contributed by atoms with E-state index in [1.54, 1.807) is 23.3 Å². The van der Waals surface area contributed by atoms with Crippen LogP contribution in [0.15, 0.2) is 61.2 Å². The van der Waals surface area contributed by atoms with Crippen molar-refractivity contribution in [3.63, 3.8) is 0 Å². The molecule has 0 bridgehead atoms. The lowest BCUT2D eigenvalue weighted by atomic mass is 10.0. The average Bonchev–Trinajstić information content (AvgIpc) is 2.99. The molecule has 3 aromatic rings. The first-order chi connectivity index (χ1) is 10.6. The van der Waals surface area contributed by atoms with Gasteiger partial charge in [0, 0.05) is 18.0 Å². The highest BCUT2D eigenvalue weighted by Gasteiger charge is 2.06. The molecule has 0 atom stereocenters. The number of benzene rings is 2. The van der Waals surface area contributed by atoms with Crippen LogP contribution >= 0.6 is 0 Å². The van der Waals surface area contributed by atoms with Gasteiger partial charge in [0.2, 0.25) is 0 Å². The molecule has 0 fully saturated rings. The molecular formula is C15H13N3O4. The largest absolute Gasteiger partial charge is 0.330 e. The summed E-state index contributed by atoms with van der Waals surface area (Å²) >= 11 is 0. The van der Waals surface area contributed by atoms with Gasteiger partial charge >= 0.3 is 0 Å². The van der Waals surface area contributed by atoms with Crippen LogP contribution in [0.4, 0.5) is 0 Å². The van der Waals surface area contributed by atoms with Crippen molar-refractivity contribution < 1.29 is 15.1 Å². The SMILES string of the molecule is O=C(Cn1ccnc1)c1ccc2ccccc2c1.O=[N+]([O-])O. The number of aromatic nitrogens is 2. The number of hydrogen-bond donors (Lipinski definition) is 1. The van der Waals surface area contributed by atoms with Crippen molar-refractivity contribution in [1.29, 1.82) is 0 Å². The molecule has 0 unspecified atom stereocenters. The molecule has 22 heavy (non-hydrogen) atoms. The topological polar surface area (TPSA) is 98.3 Å². The van der Waals surface area contributed by atoms with E-state index in [1.165, 1.54) is 0 Å². The molecular weight excluding hydrogens is 286 g/mol. The molecule has 0 spiro atoms. The summed E-state index contributed by atoms with van der Waals surface area (Å²) < 4.78 is 1.78. The second kappa shape index (κ2) is 6.98. The van der Waals surface area contributed by atoms with Gasteiger partial charge in [-0.05, 0) is 16.8 Å². The summed E-state index contributed by atoms with van der Waals surface area (Å²) in [7, 11) is 0. The number of rotatable bonds is 3. The first kappa shape index (κ1) is 15.2. The number of carbonyl (C=O) groups excluding carboxylic acids is 1. The third-order valence-electron chi connectivity index (χ3n) is 2.96. The zero-order chi connectivity index (χ0) is 15.9. The fourth-order valence-electron chi connectivity index (χ4n) is 2.00. The van der Waals surface area contributed by atoms with Crippen LogP contribution in [0.2, 0.25) is 0 Å². The van der Waals surface area contributed by atoms with Gasteiger partial charge in [-0.3, -0.25) is 4.79 Å². The van der Waals surface area contributed by atoms with Crippen LogP contribution in [-0.2, 0) is 6.54 Å². The lowest BCUT2D eigenvalue weighted by Crippen LogP contribution is -2.08. The second-order valence-electron chi connectivity index (χ2n) is 4.46. The zero-order valence-corrected chi connectivity index (χ0v) is 11.5. The summed E-state index contributed by atoms with van der Waals surface area (Å²) in [6, 6.07) is 13.8. The van der Waals surface area contributed by atoms with Gasteiger partial charge < -0.3 is 9.77 Å². The highest BCUT2D eigenvalue weighted by Crippen LogP contribution is 2.16. The molecule has 1 heterocycles. The van der Waals surface area contributed by atoms with E-state index in [0.29, 0.717) is 6.54 Å². The summed E-state index contributed by atoms with van der Waals surface area (Å²) in [5.74, 6) is 0.0961. The quantitative estimate of drug-likeness (QED) is 0.455. The van der Waals surface area contributed by atoms with Crippen molar-refractivity contribution >= 4 is 16.6 Å². The third-order valence-corrected chi connectivity index (χ3v) is 2.96. The lowest BCUT2D eigenvalue weighted by Gasteiger charge is -2.04. The van der Waals surface area contributed by atoms with Crippen LogP contribution < -0.4 is 0 Å². The third kappa shape index (κ3) is 4.14. The first-order valence-corrected chi connectivity index (χ1v) is 6.37. The first-order valence-electron chi connectivity index (χ1n) is 6.37. The second-order valence-corrected chi connectivity index (χ2v) is 4.46. The van der Waals surface area contributed by atoms with Crippen LogP contribution in [0, 0.1) is 10.1 Å². The molecule has 7 nitrogen and oxygen atoms in total. The fourth-order valence-corrected chi connectivity index (χ4v) is 2.00. The number of hydrogen-bond acceptors (Lipinski definition) is 4. The maximum Gasteiger partial charge on any atom is 0.291 e. The van der Waals surface area contributed by atoms with E-state index >= 15 is 0 Å². The highest BCUT2D eigenvalue weighted by atomic mass is 16.9.